The Kier molecular flexibility index (Phi) is 5.03. The van der Waals surface area contributed by atoms with E-state index in [0.29, 0.717) is 5.92 Å². The highest BCUT2D eigenvalue weighted by Crippen LogP contribution is 2.48. The third-order valence-corrected chi connectivity index (χ3v) is 5.46. The lowest BCUT2D eigenvalue weighted by Crippen LogP contribution is -2.49. The van der Waals surface area contributed by atoms with Crippen LogP contribution in [0.4, 0.5) is 8.78 Å². The lowest BCUT2D eigenvalue weighted by molar-refractivity contribution is -0.147. The number of aliphatic carboxylic acids is 1. The van der Waals surface area contributed by atoms with Gasteiger partial charge in [0.25, 0.3) is 0 Å². The van der Waals surface area contributed by atoms with E-state index in [9.17, 15) is 9.18 Å². The van der Waals surface area contributed by atoms with E-state index < -0.39 is 23.7 Å². The molecule has 0 radical (unpaired) electrons. The van der Waals surface area contributed by atoms with Gasteiger partial charge in [0.05, 0.1) is 5.92 Å². The van der Waals surface area contributed by atoms with Gasteiger partial charge in [-0.3, -0.25) is 4.79 Å². The lowest BCUT2D eigenvalue weighted by atomic mass is 9.66. The Morgan fingerprint density at radius 2 is 1.90 bits per heavy atom. The summed E-state index contributed by atoms with van der Waals surface area (Å²) in [7, 11) is 0. The molecular weight excluding hydrogens is 262 g/mol. The fourth-order valence-electron chi connectivity index (χ4n) is 4.14. The summed E-state index contributed by atoms with van der Waals surface area (Å²) in [4.78, 5) is 10.9. The van der Waals surface area contributed by atoms with E-state index in [1.165, 1.54) is 6.42 Å². The third kappa shape index (κ3) is 3.15. The Bertz CT molecular complexity index is 339. The molecule has 0 saturated heterocycles. The molecule has 2 aliphatic carbocycles. The zero-order valence-corrected chi connectivity index (χ0v) is 12.3. The molecule has 0 aromatic heterocycles. The van der Waals surface area contributed by atoms with Crippen LogP contribution >= 0.6 is 0 Å². The van der Waals surface area contributed by atoms with Crippen LogP contribution < -0.4 is 0 Å². The fourth-order valence-corrected chi connectivity index (χ4v) is 4.14. The maximum atomic E-state index is 15.0. The molecule has 0 aromatic rings. The van der Waals surface area contributed by atoms with Gasteiger partial charge in [-0.2, -0.15) is 0 Å². The molecule has 20 heavy (non-hydrogen) atoms. The summed E-state index contributed by atoms with van der Waals surface area (Å²) in [6.07, 6.45) is 4.46. The standard InChI is InChI=1S/C16H26F2O2/c1-2-3-11-4-6-13(7-5-11)16(18)9-8-12(15(19)20)10-14(16)17/h11-14H,2-10H2,1H3,(H,19,20). The van der Waals surface area contributed by atoms with Crippen LogP contribution in [0.2, 0.25) is 0 Å². The van der Waals surface area contributed by atoms with Crippen LogP contribution in [0.5, 0.6) is 0 Å². The highest BCUT2D eigenvalue weighted by molar-refractivity contribution is 5.70. The molecule has 0 amide bonds. The molecule has 2 aliphatic rings. The van der Waals surface area contributed by atoms with Crippen molar-refractivity contribution in [3.8, 4) is 0 Å². The van der Waals surface area contributed by atoms with Gasteiger partial charge in [-0.25, -0.2) is 8.78 Å². The SMILES string of the molecule is CCCC1CCC(C2(F)CCC(C(=O)O)CC2F)CC1. The first-order valence-electron chi connectivity index (χ1n) is 8.03. The highest BCUT2D eigenvalue weighted by Gasteiger charge is 2.51. The fraction of sp³-hybridized carbons (Fsp3) is 0.938. The molecule has 116 valence electrons. The third-order valence-electron chi connectivity index (χ3n) is 5.46. The first-order valence-corrected chi connectivity index (χ1v) is 8.03. The van der Waals surface area contributed by atoms with E-state index in [1.807, 2.05) is 0 Å². The maximum absolute atomic E-state index is 15.0. The summed E-state index contributed by atoms with van der Waals surface area (Å²) in [5, 5.41) is 8.94. The summed E-state index contributed by atoms with van der Waals surface area (Å²) in [5.74, 6) is -1.22. The molecule has 2 rings (SSSR count). The first kappa shape index (κ1) is 15.7. The minimum atomic E-state index is -1.77. The molecule has 0 bridgehead atoms. The molecule has 1 N–H and O–H groups in total. The smallest absolute Gasteiger partial charge is 0.306 e. The van der Waals surface area contributed by atoms with Crippen LogP contribution in [0.1, 0.15) is 64.7 Å². The summed E-state index contributed by atoms with van der Waals surface area (Å²) in [6, 6.07) is 0. The van der Waals surface area contributed by atoms with Crippen LogP contribution in [0.3, 0.4) is 0 Å². The van der Waals surface area contributed by atoms with Crippen LogP contribution in [-0.2, 0) is 4.79 Å². The van der Waals surface area contributed by atoms with Gasteiger partial charge in [-0.1, -0.05) is 32.6 Å². The zero-order valence-electron chi connectivity index (χ0n) is 12.3. The second kappa shape index (κ2) is 6.40. The first-order chi connectivity index (χ1) is 9.47. The predicted molar refractivity (Wildman–Crippen MR) is 74.1 cm³/mol. The summed E-state index contributed by atoms with van der Waals surface area (Å²) < 4.78 is 29.3. The molecule has 3 atom stereocenters. The maximum Gasteiger partial charge on any atom is 0.306 e. The molecule has 0 aromatic carbocycles. The lowest BCUT2D eigenvalue weighted by Gasteiger charge is -2.43. The van der Waals surface area contributed by atoms with Crippen molar-refractivity contribution in [2.24, 2.45) is 17.8 Å². The average Bonchev–Trinajstić information content (AvgIpc) is 2.43. The van der Waals surface area contributed by atoms with Crippen LogP contribution in [0, 0.1) is 17.8 Å². The van der Waals surface area contributed by atoms with Gasteiger partial charge in [0.1, 0.15) is 11.8 Å². The molecule has 2 saturated carbocycles. The van der Waals surface area contributed by atoms with Gasteiger partial charge >= 0.3 is 5.97 Å². The van der Waals surface area contributed by atoms with Gasteiger partial charge in [0, 0.05) is 0 Å². The van der Waals surface area contributed by atoms with Crippen molar-refractivity contribution in [3.05, 3.63) is 0 Å². The Labute approximate surface area is 119 Å². The van der Waals surface area contributed by atoms with Crippen molar-refractivity contribution in [2.45, 2.75) is 76.6 Å². The van der Waals surface area contributed by atoms with E-state index in [1.54, 1.807) is 0 Å². The van der Waals surface area contributed by atoms with Crippen molar-refractivity contribution in [1.29, 1.82) is 0 Å². The number of hydrogen-bond acceptors (Lipinski definition) is 1. The van der Waals surface area contributed by atoms with Crippen LogP contribution in [0.25, 0.3) is 0 Å². The Morgan fingerprint density at radius 1 is 1.25 bits per heavy atom. The molecule has 2 fully saturated rings. The van der Waals surface area contributed by atoms with Gasteiger partial charge in [-0.05, 0) is 43.9 Å². The molecule has 0 aliphatic heterocycles. The van der Waals surface area contributed by atoms with Crippen molar-refractivity contribution < 1.29 is 18.7 Å². The number of rotatable bonds is 4. The topological polar surface area (TPSA) is 37.3 Å². The van der Waals surface area contributed by atoms with E-state index in [2.05, 4.69) is 6.92 Å². The largest absolute Gasteiger partial charge is 0.481 e. The quantitative estimate of drug-likeness (QED) is 0.825. The predicted octanol–water partition coefficient (Wildman–Crippen LogP) is 4.52. The minimum Gasteiger partial charge on any atom is -0.481 e. The number of carbonyl (C=O) groups is 1. The minimum absolute atomic E-state index is 0.0776. The second-order valence-corrected chi connectivity index (χ2v) is 6.71. The molecule has 3 unspecified atom stereocenters. The monoisotopic (exact) mass is 288 g/mol. The van der Waals surface area contributed by atoms with Crippen molar-refractivity contribution in [1.82, 2.24) is 0 Å². The Morgan fingerprint density at radius 3 is 2.40 bits per heavy atom. The van der Waals surface area contributed by atoms with E-state index in [0.717, 1.165) is 32.1 Å². The summed E-state index contributed by atoms with van der Waals surface area (Å²) in [6.45, 7) is 2.16. The molecule has 2 nitrogen and oxygen atoms in total. The number of carboxylic acids is 1. The van der Waals surface area contributed by atoms with Gasteiger partial charge < -0.3 is 5.11 Å². The van der Waals surface area contributed by atoms with Crippen LogP contribution in [-0.4, -0.2) is 22.9 Å². The number of alkyl halides is 2. The second-order valence-electron chi connectivity index (χ2n) is 6.71. The molecule has 0 spiro atoms. The molecule has 4 heteroatoms. The van der Waals surface area contributed by atoms with E-state index in [-0.39, 0.29) is 25.2 Å². The van der Waals surface area contributed by atoms with E-state index >= 15 is 4.39 Å². The summed E-state index contributed by atoms with van der Waals surface area (Å²) in [5.41, 5.74) is -1.77. The average molecular weight is 288 g/mol. The van der Waals surface area contributed by atoms with Crippen molar-refractivity contribution in [2.75, 3.05) is 0 Å². The number of carboxylic acid groups (broad SMARTS) is 1. The van der Waals surface area contributed by atoms with Crippen LogP contribution in [0.15, 0.2) is 0 Å². The zero-order chi connectivity index (χ0) is 14.8. The molecule has 0 heterocycles. The molecular formula is C16H26F2O2. The van der Waals surface area contributed by atoms with Gasteiger partial charge in [0.2, 0.25) is 0 Å². The highest BCUT2D eigenvalue weighted by atomic mass is 19.2. The van der Waals surface area contributed by atoms with Gasteiger partial charge in [0.15, 0.2) is 0 Å². The Hall–Kier alpha value is -0.670. The van der Waals surface area contributed by atoms with Crippen molar-refractivity contribution >= 4 is 5.97 Å². The van der Waals surface area contributed by atoms with Gasteiger partial charge in [-0.15, -0.1) is 0 Å². The Balaban J connectivity index is 1.93. The van der Waals surface area contributed by atoms with Crippen molar-refractivity contribution in [3.63, 3.8) is 0 Å². The van der Waals surface area contributed by atoms with E-state index in [4.69, 9.17) is 5.11 Å². The normalized spacial score (nSPS) is 42.4. The number of halogens is 2. The summed E-state index contributed by atoms with van der Waals surface area (Å²) >= 11 is 0. The number of hydrogen-bond donors (Lipinski definition) is 1.